The molecule has 1 heterocycles. The number of rotatable bonds is 4. The number of hydrogen-bond acceptors (Lipinski definition) is 5. The number of allylic oxidation sites excluding steroid dienone is 1. The predicted molar refractivity (Wildman–Crippen MR) is 83.0 cm³/mol. The van der Waals surface area contributed by atoms with Crippen LogP contribution in [0.25, 0.3) is 0 Å². The van der Waals surface area contributed by atoms with Gasteiger partial charge in [-0.3, -0.25) is 0 Å². The molecule has 1 aliphatic heterocycles. The summed E-state index contributed by atoms with van der Waals surface area (Å²) in [7, 11) is 1.43. The zero-order valence-electron chi connectivity index (χ0n) is 13.5. The highest BCUT2D eigenvalue weighted by Gasteiger charge is 2.33. The number of hydrogen-bond donors (Lipinski definition) is 3. The smallest absolute Gasteiger partial charge is 0.338 e. The molecule has 0 radical (unpaired) electrons. The van der Waals surface area contributed by atoms with Crippen molar-refractivity contribution >= 4 is 12.0 Å². The van der Waals surface area contributed by atoms with Crippen LogP contribution in [-0.4, -0.2) is 30.3 Å². The molecule has 23 heavy (non-hydrogen) atoms. The molecule has 0 unspecified atom stereocenters. The molecule has 0 aromatic heterocycles. The number of carbonyl (C=O) groups is 2. The van der Waals surface area contributed by atoms with Gasteiger partial charge in [0.05, 0.1) is 24.8 Å². The Bertz CT molecular complexity index is 666. The van der Waals surface area contributed by atoms with Crippen LogP contribution in [0.1, 0.15) is 32.4 Å². The van der Waals surface area contributed by atoms with Gasteiger partial charge in [0.25, 0.3) is 0 Å². The molecule has 0 spiro atoms. The number of carbonyl (C=O) groups excluding carboxylic acids is 2. The number of benzene rings is 1. The Kier molecular flexibility index (Phi) is 4.78. The lowest BCUT2D eigenvalue weighted by atomic mass is 9.95. The van der Waals surface area contributed by atoms with Crippen LogP contribution < -0.4 is 15.4 Å². The lowest BCUT2D eigenvalue weighted by molar-refractivity contribution is -0.143. The molecule has 0 fully saturated rings. The zero-order chi connectivity index (χ0) is 17.1. The van der Waals surface area contributed by atoms with E-state index in [1.54, 1.807) is 32.9 Å². The zero-order valence-corrected chi connectivity index (χ0v) is 13.5. The number of nitrogens with one attached hydrogen (secondary N) is 2. The first-order valence-electron chi connectivity index (χ1n) is 7.19. The van der Waals surface area contributed by atoms with E-state index >= 15 is 0 Å². The Labute approximate surface area is 134 Å². The van der Waals surface area contributed by atoms with Gasteiger partial charge in [-0.15, -0.1) is 0 Å². The second kappa shape index (κ2) is 6.60. The van der Waals surface area contributed by atoms with Crippen molar-refractivity contribution in [1.82, 2.24) is 10.6 Å². The van der Waals surface area contributed by atoms with Crippen LogP contribution in [-0.2, 0) is 9.53 Å². The third-order valence-corrected chi connectivity index (χ3v) is 3.37. The van der Waals surface area contributed by atoms with E-state index in [-0.39, 0.29) is 17.6 Å². The predicted octanol–water partition coefficient (Wildman–Crippen LogP) is 1.98. The summed E-state index contributed by atoms with van der Waals surface area (Å²) in [5.41, 5.74) is 1.34. The van der Waals surface area contributed by atoms with Gasteiger partial charge in [-0.05, 0) is 38.5 Å². The Hall–Kier alpha value is -2.70. The van der Waals surface area contributed by atoms with Crippen molar-refractivity contribution in [2.75, 3.05) is 7.11 Å². The average Bonchev–Trinajstić information content (AvgIpc) is 2.45. The Morgan fingerprint density at radius 1 is 1.35 bits per heavy atom. The number of phenolic OH excluding ortho intramolecular Hbond substituents is 1. The Balaban J connectivity index is 2.46. The van der Waals surface area contributed by atoms with E-state index in [9.17, 15) is 14.7 Å². The fourth-order valence-electron chi connectivity index (χ4n) is 2.37. The number of amides is 2. The number of esters is 1. The van der Waals surface area contributed by atoms with Crippen molar-refractivity contribution < 1.29 is 24.2 Å². The van der Waals surface area contributed by atoms with Gasteiger partial charge in [-0.2, -0.15) is 0 Å². The fourth-order valence-corrected chi connectivity index (χ4v) is 2.37. The highest BCUT2D eigenvalue weighted by Crippen LogP contribution is 2.33. The molecule has 2 rings (SSSR count). The van der Waals surface area contributed by atoms with Crippen molar-refractivity contribution in [1.29, 1.82) is 0 Å². The lowest BCUT2D eigenvalue weighted by Crippen LogP contribution is -2.45. The molecule has 3 N–H and O–H groups in total. The Morgan fingerprint density at radius 3 is 2.65 bits per heavy atom. The molecule has 2 amide bonds. The second-order valence-corrected chi connectivity index (χ2v) is 5.46. The summed E-state index contributed by atoms with van der Waals surface area (Å²) in [6, 6.07) is 3.53. The molecule has 1 aliphatic rings. The van der Waals surface area contributed by atoms with Gasteiger partial charge in [0, 0.05) is 5.70 Å². The molecule has 0 bridgehead atoms. The summed E-state index contributed by atoms with van der Waals surface area (Å²) in [6.45, 7) is 5.14. The monoisotopic (exact) mass is 320 g/mol. The van der Waals surface area contributed by atoms with Crippen molar-refractivity contribution in [2.24, 2.45) is 0 Å². The van der Waals surface area contributed by atoms with Crippen LogP contribution in [0.4, 0.5) is 4.79 Å². The van der Waals surface area contributed by atoms with Gasteiger partial charge in [-0.25, -0.2) is 9.59 Å². The third kappa shape index (κ3) is 3.56. The Morgan fingerprint density at radius 2 is 2.04 bits per heavy atom. The van der Waals surface area contributed by atoms with Gasteiger partial charge < -0.3 is 25.2 Å². The topological polar surface area (TPSA) is 96.9 Å². The normalized spacial score (nSPS) is 17.6. The first kappa shape index (κ1) is 16.7. The number of phenols is 1. The van der Waals surface area contributed by atoms with Crippen LogP contribution >= 0.6 is 0 Å². The van der Waals surface area contributed by atoms with E-state index in [0.29, 0.717) is 16.8 Å². The molecule has 1 atom stereocenters. The lowest BCUT2D eigenvalue weighted by Gasteiger charge is -2.28. The number of ether oxygens (including phenoxy) is 2. The van der Waals surface area contributed by atoms with E-state index in [2.05, 4.69) is 10.6 Å². The van der Waals surface area contributed by atoms with Crippen LogP contribution in [0, 0.1) is 0 Å². The van der Waals surface area contributed by atoms with E-state index in [4.69, 9.17) is 9.47 Å². The summed E-state index contributed by atoms with van der Waals surface area (Å²) in [4.78, 5) is 24.2. The molecular formula is C16H20N2O5. The maximum absolute atomic E-state index is 12.4. The van der Waals surface area contributed by atoms with Crippen LogP contribution in [0.3, 0.4) is 0 Å². The van der Waals surface area contributed by atoms with E-state index in [1.807, 2.05) is 0 Å². The van der Waals surface area contributed by atoms with Crippen molar-refractivity contribution in [2.45, 2.75) is 32.9 Å². The van der Waals surface area contributed by atoms with Crippen LogP contribution in [0.2, 0.25) is 0 Å². The minimum atomic E-state index is -0.690. The summed E-state index contributed by atoms with van der Waals surface area (Å²) >= 11 is 0. The minimum absolute atomic E-state index is 0.0245. The summed E-state index contributed by atoms with van der Waals surface area (Å²) in [5.74, 6) is -0.282. The number of urea groups is 1. The highest BCUT2D eigenvalue weighted by atomic mass is 16.5. The van der Waals surface area contributed by atoms with Gasteiger partial charge >= 0.3 is 12.0 Å². The standard InChI is InChI=1S/C16H20N2O5/c1-8(2)23-15(20)13-9(3)17-16(21)18-14(13)10-5-6-11(19)12(7-10)22-4/h5-8,14,19H,1-4H3,(H2,17,18,21)/t14-/m0/s1. The van der Waals surface area contributed by atoms with Crippen LogP contribution in [0.15, 0.2) is 29.5 Å². The van der Waals surface area contributed by atoms with E-state index < -0.39 is 18.0 Å². The molecule has 7 nitrogen and oxygen atoms in total. The summed E-state index contributed by atoms with van der Waals surface area (Å²) < 4.78 is 10.3. The molecule has 0 aliphatic carbocycles. The highest BCUT2D eigenvalue weighted by molar-refractivity contribution is 5.95. The van der Waals surface area contributed by atoms with Crippen molar-refractivity contribution in [3.8, 4) is 11.5 Å². The van der Waals surface area contributed by atoms with Gasteiger partial charge in [0.1, 0.15) is 0 Å². The first-order valence-corrected chi connectivity index (χ1v) is 7.19. The maximum atomic E-state index is 12.4. The maximum Gasteiger partial charge on any atom is 0.338 e. The SMILES string of the molecule is COc1cc([C@@H]2NC(=O)NC(C)=C2C(=O)OC(C)C)ccc1O. The molecule has 1 aromatic rings. The van der Waals surface area contributed by atoms with Gasteiger partial charge in [0.2, 0.25) is 0 Å². The molecule has 1 aromatic carbocycles. The molecule has 0 saturated carbocycles. The molecular weight excluding hydrogens is 300 g/mol. The average molecular weight is 320 g/mol. The quantitative estimate of drug-likeness (QED) is 0.737. The molecule has 7 heteroatoms. The second-order valence-electron chi connectivity index (χ2n) is 5.46. The minimum Gasteiger partial charge on any atom is -0.504 e. The van der Waals surface area contributed by atoms with E-state index in [0.717, 1.165) is 0 Å². The largest absolute Gasteiger partial charge is 0.504 e. The fraction of sp³-hybridized carbons (Fsp3) is 0.375. The first-order chi connectivity index (χ1) is 10.8. The molecule has 124 valence electrons. The van der Waals surface area contributed by atoms with Crippen molar-refractivity contribution in [3.63, 3.8) is 0 Å². The van der Waals surface area contributed by atoms with Crippen molar-refractivity contribution in [3.05, 3.63) is 35.0 Å². The van der Waals surface area contributed by atoms with E-state index in [1.165, 1.54) is 13.2 Å². The summed E-state index contributed by atoms with van der Waals surface area (Å²) in [5, 5.41) is 15.0. The summed E-state index contributed by atoms with van der Waals surface area (Å²) in [6.07, 6.45) is -0.282. The molecule has 0 saturated heterocycles. The van der Waals surface area contributed by atoms with Gasteiger partial charge in [0.15, 0.2) is 11.5 Å². The number of aromatic hydroxyl groups is 1. The van der Waals surface area contributed by atoms with Gasteiger partial charge in [-0.1, -0.05) is 6.07 Å². The number of methoxy groups -OCH3 is 1. The third-order valence-electron chi connectivity index (χ3n) is 3.37. The van der Waals surface area contributed by atoms with Crippen LogP contribution in [0.5, 0.6) is 11.5 Å².